The van der Waals surface area contributed by atoms with E-state index in [1.165, 1.54) is 25.2 Å². The molecule has 2 aromatic heterocycles. The predicted molar refractivity (Wildman–Crippen MR) is 154 cm³/mol. The van der Waals surface area contributed by atoms with Crippen LogP contribution in [0, 0.1) is 11.8 Å². The van der Waals surface area contributed by atoms with E-state index in [4.69, 9.17) is 17.3 Å². The highest BCUT2D eigenvalue weighted by Crippen LogP contribution is 2.46. The highest BCUT2D eigenvalue weighted by Gasteiger charge is 2.57. The average molecular weight is 670 g/mol. The zero-order valence-electron chi connectivity index (χ0n) is 24.2. The van der Waals surface area contributed by atoms with Gasteiger partial charge in [0, 0.05) is 62.0 Å². The van der Waals surface area contributed by atoms with Gasteiger partial charge in [0.05, 0.1) is 28.0 Å². The molecule has 0 radical (unpaired) electrons. The number of piperidine rings is 1. The minimum Gasteiger partial charge on any atom is -0.349 e. The molecule has 1 saturated heterocycles. The van der Waals surface area contributed by atoms with Crippen LogP contribution in [0.2, 0.25) is 5.02 Å². The fourth-order valence-electron chi connectivity index (χ4n) is 6.07. The number of likely N-dealkylation sites (tertiary alicyclic amines) is 1. The quantitative estimate of drug-likeness (QED) is 0.270. The number of hydrogen-bond donors (Lipinski definition) is 4. The molecule has 1 aromatic carbocycles. The van der Waals surface area contributed by atoms with E-state index in [1.807, 2.05) is 0 Å². The lowest BCUT2D eigenvalue weighted by atomic mass is 9.88. The lowest BCUT2D eigenvalue weighted by Gasteiger charge is -2.34. The molecule has 46 heavy (non-hydrogen) atoms. The van der Waals surface area contributed by atoms with Crippen LogP contribution in [0.25, 0.3) is 11.3 Å². The van der Waals surface area contributed by atoms with Crippen LogP contribution in [0.15, 0.2) is 30.6 Å². The highest BCUT2D eigenvalue weighted by atomic mass is 35.5. The molecule has 5 N–H and O–H groups in total. The Morgan fingerprint density at radius 2 is 1.80 bits per heavy atom. The Morgan fingerprint density at radius 3 is 2.41 bits per heavy atom. The summed E-state index contributed by atoms with van der Waals surface area (Å²) >= 11 is 6.36. The highest BCUT2D eigenvalue weighted by molar-refractivity contribution is 6.34. The first-order chi connectivity index (χ1) is 21.7. The van der Waals surface area contributed by atoms with Crippen molar-refractivity contribution in [2.24, 2.45) is 24.6 Å². The number of rotatable bonds is 8. The Morgan fingerprint density at radius 1 is 1.11 bits per heavy atom. The van der Waals surface area contributed by atoms with E-state index >= 15 is 0 Å². The molecule has 12 nitrogen and oxygen atoms in total. The van der Waals surface area contributed by atoms with Crippen LogP contribution in [0.5, 0.6) is 0 Å². The van der Waals surface area contributed by atoms with Crippen LogP contribution < -0.4 is 21.7 Å². The minimum atomic E-state index is -4.94. The maximum atomic E-state index is 13.6. The second-order valence-corrected chi connectivity index (χ2v) is 12.2. The molecule has 4 amide bonds. The van der Waals surface area contributed by atoms with E-state index in [0.717, 1.165) is 29.8 Å². The summed E-state index contributed by atoms with van der Waals surface area (Å²) < 4.78 is 68.0. The zero-order chi connectivity index (χ0) is 33.1. The third-order valence-corrected chi connectivity index (χ3v) is 8.89. The van der Waals surface area contributed by atoms with Gasteiger partial charge in [0.15, 0.2) is 11.5 Å². The monoisotopic (exact) mass is 669 g/mol. The van der Waals surface area contributed by atoms with E-state index in [0.29, 0.717) is 17.8 Å². The molecule has 6 rings (SSSR count). The number of carbonyl (C=O) groups excluding carboxylic acids is 3. The molecule has 0 spiro atoms. The standard InChI is InChI=1S/C28H29ClF5N9O3/c1-41-20(18-10-43(11-21(30)31)40-23(18)28(32,33)34)7-36-24(41)26(45)37-13-2-3-15(19(29)6-13)25(44)39-22-16-8-42(9-17(16)22)27(46)38-14-4-12(35)5-14/h2-3,6-7,10,12,14,16-17,21-22H,4-5,8-9,11,35H2,1H3,(H,37,45)(H,38,46)(H,39,44). The zero-order valence-corrected chi connectivity index (χ0v) is 24.9. The maximum absolute atomic E-state index is 13.6. The van der Waals surface area contributed by atoms with E-state index in [9.17, 15) is 36.3 Å². The SMILES string of the molecule is Cn1c(-c2cn(CC(F)F)nc2C(F)(F)F)cnc1C(=O)Nc1ccc(C(=O)NC2C3CN(C(=O)NC4CC(N)C4)CC32)c(Cl)c1. The second kappa shape index (κ2) is 11.8. The average Bonchev–Trinajstić information content (AvgIpc) is 3.35. The third-order valence-electron chi connectivity index (χ3n) is 8.58. The van der Waals surface area contributed by atoms with Gasteiger partial charge in [-0.2, -0.15) is 18.3 Å². The number of anilines is 1. The van der Waals surface area contributed by atoms with Crippen LogP contribution in [-0.4, -0.2) is 79.7 Å². The summed E-state index contributed by atoms with van der Waals surface area (Å²) in [5.41, 5.74) is 4.05. The van der Waals surface area contributed by atoms with Crippen LogP contribution in [-0.2, 0) is 19.8 Å². The molecule has 2 unspecified atom stereocenters. The van der Waals surface area contributed by atoms with Crippen molar-refractivity contribution in [1.82, 2.24) is 34.9 Å². The van der Waals surface area contributed by atoms with E-state index in [2.05, 4.69) is 26.0 Å². The van der Waals surface area contributed by atoms with E-state index in [1.54, 1.807) is 4.90 Å². The van der Waals surface area contributed by atoms with Gasteiger partial charge >= 0.3 is 12.2 Å². The van der Waals surface area contributed by atoms with Crippen molar-refractivity contribution >= 4 is 35.1 Å². The summed E-state index contributed by atoms with van der Waals surface area (Å²) in [4.78, 5) is 44.0. The minimum absolute atomic E-state index is 0.0441. The molecule has 3 fully saturated rings. The Kier molecular flexibility index (Phi) is 8.16. The van der Waals surface area contributed by atoms with Gasteiger partial charge in [-0.3, -0.25) is 14.3 Å². The second-order valence-electron chi connectivity index (χ2n) is 11.8. The van der Waals surface area contributed by atoms with Crippen molar-refractivity contribution in [3.8, 4) is 11.3 Å². The number of aromatic nitrogens is 4. The Hall–Kier alpha value is -4.25. The molecule has 2 aliphatic carbocycles. The van der Waals surface area contributed by atoms with Gasteiger partial charge in [-0.05, 0) is 31.0 Å². The number of hydrogen-bond acceptors (Lipinski definition) is 6. The molecule has 3 aliphatic rings. The van der Waals surface area contributed by atoms with E-state index < -0.39 is 42.2 Å². The Balaban J connectivity index is 1.06. The number of alkyl halides is 5. The van der Waals surface area contributed by atoms with Crippen molar-refractivity contribution < 1.29 is 36.3 Å². The van der Waals surface area contributed by atoms with Crippen LogP contribution in [0.4, 0.5) is 32.4 Å². The van der Waals surface area contributed by atoms with Crippen molar-refractivity contribution in [2.75, 3.05) is 18.4 Å². The molecule has 246 valence electrons. The molecule has 3 aromatic rings. The lowest BCUT2D eigenvalue weighted by Crippen LogP contribution is -2.54. The largest absolute Gasteiger partial charge is 0.435 e. The van der Waals surface area contributed by atoms with Crippen molar-refractivity contribution in [3.63, 3.8) is 0 Å². The molecular formula is C28H29ClF5N9O3. The van der Waals surface area contributed by atoms with Crippen LogP contribution >= 0.6 is 11.6 Å². The van der Waals surface area contributed by atoms with Crippen LogP contribution in [0.1, 0.15) is 39.5 Å². The first kappa shape index (κ1) is 31.7. The third kappa shape index (κ3) is 6.25. The summed E-state index contributed by atoms with van der Waals surface area (Å²) in [7, 11) is 1.30. The van der Waals surface area contributed by atoms with Gasteiger partial charge in [0.1, 0.15) is 6.54 Å². The molecule has 18 heteroatoms. The van der Waals surface area contributed by atoms with E-state index in [-0.39, 0.29) is 63.8 Å². The number of imidazole rings is 1. The molecule has 2 saturated carbocycles. The topological polar surface area (TPSA) is 152 Å². The van der Waals surface area contributed by atoms with Gasteiger partial charge < -0.3 is 31.2 Å². The van der Waals surface area contributed by atoms with Gasteiger partial charge in [-0.25, -0.2) is 18.6 Å². The molecule has 1 aliphatic heterocycles. The molecule has 2 atom stereocenters. The van der Waals surface area contributed by atoms with Crippen molar-refractivity contribution in [3.05, 3.63) is 52.7 Å². The molecule has 3 heterocycles. The fraction of sp³-hybridized carbons (Fsp3) is 0.464. The first-order valence-electron chi connectivity index (χ1n) is 14.4. The predicted octanol–water partition coefficient (Wildman–Crippen LogP) is 3.33. The molecular weight excluding hydrogens is 641 g/mol. The number of urea groups is 1. The normalized spacial score (nSPS) is 23.6. The number of nitrogens with zero attached hydrogens (tertiary/aromatic N) is 5. The summed E-state index contributed by atoms with van der Waals surface area (Å²) in [6.45, 7) is 0.0194. The summed E-state index contributed by atoms with van der Waals surface area (Å²) in [6.07, 6.45) is -4.50. The van der Waals surface area contributed by atoms with Crippen molar-refractivity contribution in [2.45, 2.75) is 50.1 Å². The number of amides is 4. The Bertz CT molecular complexity index is 1670. The van der Waals surface area contributed by atoms with Crippen LogP contribution in [0.3, 0.4) is 0 Å². The number of carbonyl (C=O) groups is 3. The van der Waals surface area contributed by atoms with Gasteiger partial charge in [-0.15, -0.1) is 0 Å². The van der Waals surface area contributed by atoms with Gasteiger partial charge in [0.2, 0.25) is 0 Å². The smallest absolute Gasteiger partial charge is 0.349 e. The number of fused-ring (bicyclic) bond motifs is 1. The number of benzene rings is 1. The number of halogens is 6. The summed E-state index contributed by atoms with van der Waals surface area (Å²) in [5, 5.41) is 11.8. The summed E-state index contributed by atoms with van der Waals surface area (Å²) in [6, 6.07) is 4.23. The first-order valence-corrected chi connectivity index (χ1v) is 14.7. The number of nitrogens with one attached hydrogen (secondary N) is 3. The number of nitrogens with two attached hydrogens (primary N) is 1. The maximum Gasteiger partial charge on any atom is 0.435 e. The van der Waals surface area contributed by atoms with Crippen molar-refractivity contribution in [1.29, 1.82) is 0 Å². The molecule has 0 bridgehead atoms. The lowest BCUT2D eigenvalue weighted by molar-refractivity contribution is -0.141. The summed E-state index contributed by atoms with van der Waals surface area (Å²) in [5.74, 6) is -1.20. The van der Waals surface area contributed by atoms with Gasteiger partial charge in [0.25, 0.3) is 18.2 Å². The fourth-order valence-corrected chi connectivity index (χ4v) is 6.34. The van der Waals surface area contributed by atoms with Gasteiger partial charge in [-0.1, -0.05) is 11.6 Å². The Labute approximate surface area is 263 Å².